The summed E-state index contributed by atoms with van der Waals surface area (Å²) in [6.07, 6.45) is 3.31. The molecule has 0 spiro atoms. The minimum Gasteiger partial charge on any atom is -0.383 e. The second-order valence-electron chi connectivity index (χ2n) is 5.47. The first-order valence-electron chi connectivity index (χ1n) is 7.17. The summed E-state index contributed by atoms with van der Waals surface area (Å²) in [7, 11) is 3.76. The summed E-state index contributed by atoms with van der Waals surface area (Å²) in [5.74, 6) is 0.778. The highest BCUT2D eigenvalue weighted by atomic mass is 79.9. The van der Waals surface area contributed by atoms with E-state index in [0.29, 0.717) is 5.56 Å². The molecule has 0 atom stereocenters. The molecule has 0 unspecified atom stereocenters. The Bertz CT molecular complexity index is 879. The number of nitrogens with one attached hydrogen (secondary N) is 1. The molecule has 0 aliphatic heterocycles. The second kappa shape index (κ2) is 6.38. The number of benzene rings is 2. The Balaban J connectivity index is 1.87. The Morgan fingerprint density at radius 2 is 1.91 bits per heavy atom. The lowest BCUT2D eigenvalue weighted by atomic mass is 10.1. The number of nitrogens with zero attached hydrogens (tertiary/aromatic N) is 2. The fourth-order valence-corrected chi connectivity index (χ4v) is 2.57. The standard InChI is InChI=1S/C18H16BrN3O/c1-22(2)10-9-17(23)12-3-5-13(6-4-12)18-20-15-8-7-14(19)11-16(15)21-18/h3-11H,1-2H3,(H,20,21). The molecule has 0 bridgehead atoms. The van der Waals surface area contributed by atoms with Crippen LogP contribution in [0.5, 0.6) is 0 Å². The van der Waals surface area contributed by atoms with Gasteiger partial charge in [-0.1, -0.05) is 40.2 Å². The Morgan fingerprint density at radius 1 is 1.17 bits per heavy atom. The van der Waals surface area contributed by atoms with E-state index in [9.17, 15) is 4.79 Å². The largest absolute Gasteiger partial charge is 0.383 e. The first-order valence-corrected chi connectivity index (χ1v) is 7.97. The third kappa shape index (κ3) is 3.51. The number of carbonyl (C=O) groups excluding carboxylic acids is 1. The molecule has 3 rings (SSSR count). The van der Waals surface area contributed by atoms with Crippen LogP contribution in [0.4, 0.5) is 0 Å². The number of hydrogen-bond donors (Lipinski definition) is 1. The first kappa shape index (κ1) is 15.5. The molecule has 2 aromatic carbocycles. The zero-order valence-corrected chi connectivity index (χ0v) is 14.5. The van der Waals surface area contributed by atoms with E-state index < -0.39 is 0 Å². The Hall–Kier alpha value is -2.40. The number of fused-ring (bicyclic) bond motifs is 1. The van der Waals surface area contributed by atoms with Gasteiger partial charge in [0.2, 0.25) is 0 Å². The van der Waals surface area contributed by atoms with Crippen LogP contribution in [0.15, 0.2) is 59.2 Å². The van der Waals surface area contributed by atoms with Crippen molar-refractivity contribution in [2.75, 3.05) is 14.1 Å². The van der Waals surface area contributed by atoms with Crippen LogP contribution in [0.2, 0.25) is 0 Å². The van der Waals surface area contributed by atoms with Crippen molar-refractivity contribution in [1.29, 1.82) is 0 Å². The maximum absolute atomic E-state index is 12.0. The van der Waals surface area contributed by atoms with Crippen molar-refractivity contribution in [3.63, 3.8) is 0 Å². The van der Waals surface area contributed by atoms with Crippen LogP contribution in [0.3, 0.4) is 0 Å². The van der Waals surface area contributed by atoms with Crippen molar-refractivity contribution in [2.24, 2.45) is 0 Å². The molecule has 0 amide bonds. The molecule has 0 radical (unpaired) electrons. The third-order valence-corrected chi connectivity index (χ3v) is 3.91. The molecule has 0 saturated heterocycles. The van der Waals surface area contributed by atoms with Gasteiger partial charge < -0.3 is 9.88 Å². The number of ketones is 1. The number of hydrogen-bond acceptors (Lipinski definition) is 3. The lowest BCUT2D eigenvalue weighted by molar-refractivity contribution is 0.104. The predicted molar refractivity (Wildman–Crippen MR) is 96.4 cm³/mol. The average molecular weight is 370 g/mol. The van der Waals surface area contributed by atoms with Crippen molar-refractivity contribution < 1.29 is 4.79 Å². The normalized spacial score (nSPS) is 11.3. The Labute approximate surface area is 143 Å². The first-order chi connectivity index (χ1) is 11.0. The van der Waals surface area contributed by atoms with Crippen LogP contribution >= 0.6 is 15.9 Å². The van der Waals surface area contributed by atoms with E-state index >= 15 is 0 Å². The molecule has 1 heterocycles. The van der Waals surface area contributed by atoms with Crippen LogP contribution in [0, 0.1) is 0 Å². The zero-order chi connectivity index (χ0) is 16.4. The van der Waals surface area contributed by atoms with E-state index in [4.69, 9.17) is 0 Å². The van der Waals surface area contributed by atoms with Gasteiger partial charge in [0.25, 0.3) is 0 Å². The quantitative estimate of drug-likeness (QED) is 0.552. The summed E-state index contributed by atoms with van der Waals surface area (Å²) in [6, 6.07) is 13.4. The molecule has 0 aliphatic rings. The van der Waals surface area contributed by atoms with Gasteiger partial charge in [-0.25, -0.2) is 4.98 Å². The minimum absolute atomic E-state index is 0.0150. The number of aromatic amines is 1. The fourth-order valence-electron chi connectivity index (χ4n) is 2.22. The number of H-pyrrole nitrogens is 1. The minimum atomic E-state index is -0.0150. The van der Waals surface area contributed by atoms with Crippen molar-refractivity contribution in [3.8, 4) is 11.4 Å². The molecule has 3 aromatic rings. The smallest absolute Gasteiger partial charge is 0.187 e. The van der Waals surface area contributed by atoms with Crippen molar-refractivity contribution in [1.82, 2.24) is 14.9 Å². The molecule has 0 saturated carbocycles. The lowest BCUT2D eigenvalue weighted by Crippen LogP contribution is -2.03. The molecule has 1 aromatic heterocycles. The van der Waals surface area contributed by atoms with Crippen LogP contribution in [-0.4, -0.2) is 34.7 Å². The predicted octanol–water partition coefficient (Wildman–Crippen LogP) is 4.25. The van der Waals surface area contributed by atoms with E-state index in [0.717, 1.165) is 26.9 Å². The molecule has 116 valence electrons. The molecule has 1 N–H and O–H groups in total. The monoisotopic (exact) mass is 369 g/mol. The third-order valence-electron chi connectivity index (χ3n) is 3.41. The SMILES string of the molecule is CN(C)C=CC(=O)c1ccc(-c2nc3cc(Br)ccc3[nH]2)cc1. The Kier molecular flexibility index (Phi) is 4.30. The summed E-state index contributed by atoms with van der Waals surface area (Å²) in [6.45, 7) is 0. The van der Waals surface area contributed by atoms with Gasteiger partial charge in [0, 0.05) is 42.0 Å². The average Bonchev–Trinajstić information content (AvgIpc) is 2.95. The molecular weight excluding hydrogens is 354 g/mol. The van der Waals surface area contributed by atoms with Crippen LogP contribution < -0.4 is 0 Å². The number of halogens is 1. The number of rotatable bonds is 4. The number of aromatic nitrogens is 2. The summed E-state index contributed by atoms with van der Waals surface area (Å²) < 4.78 is 0.997. The van der Waals surface area contributed by atoms with E-state index in [1.165, 1.54) is 0 Å². The fraction of sp³-hybridized carbons (Fsp3) is 0.111. The van der Waals surface area contributed by atoms with Gasteiger partial charge in [-0.2, -0.15) is 0 Å². The van der Waals surface area contributed by atoms with E-state index in [1.807, 2.05) is 61.5 Å². The molecule has 23 heavy (non-hydrogen) atoms. The molecule has 4 nitrogen and oxygen atoms in total. The highest BCUT2D eigenvalue weighted by Crippen LogP contribution is 2.23. The number of imidazole rings is 1. The second-order valence-corrected chi connectivity index (χ2v) is 6.38. The Morgan fingerprint density at radius 3 is 2.61 bits per heavy atom. The van der Waals surface area contributed by atoms with Crippen LogP contribution in [0.25, 0.3) is 22.4 Å². The molecule has 0 fully saturated rings. The van der Waals surface area contributed by atoms with Crippen molar-refractivity contribution in [3.05, 3.63) is 64.8 Å². The number of allylic oxidation sites excluding steroid dienone is 1. The topological polar surface area (TPSA) is 49.0 Å². The summed E-state index contributed by atoms with van der Waals surface area (Å²) in [5, 5.41) is 0. The lowest BCUT2D eigenvalue weighted by Gasteiger charge is -2.03. The van der Waals surface area contributed by atoms with Crippen LogP contribution in [0.1, 0.15) is 10.4 Å². The van der Waals surface area contributed by atoms with Gasteiger partial charge in [0.1, 0.15) is 5.82 Å². The molecular formula is C18H16BrN3O. The summed E-state index contributed by atoms with van der Waals surface area (Å²) in [5.41, 5.74) is 3.50. The van der Waals surface area contributed by atoms with Crippen LogP contribution in [-0.2, 0) is 0 Å². The van der Waals surface area contributed by atoms with E-state index in [1.54, 1.807) is 12.3 Å². The van der Waals surface area contributed by atoms with E-state index in [-0.39, 0.29) is 5.78 Å². The zero-order valence-electron chi connectivity index (χ0n) is 12.9. The van der Waals surface area contributed by atoms with Gasteiger partial charge in [0.05, 0.1) is 11.0 Å². The highest BCUT2D eigenvalue weighted by molar-refractivity contribution is 9.10. The highest BCUT2D eigenvalue weighted by Gasteiger charge is 2.07. The number of carbonyl (C=O) groups is 1. The summed E-state index contributed by atoms with van der Waals surface area (Å²) >= 11 is 3.45. The van der Waals surface area contributed by atoms with Gasteiger partial charge >= 0.3 is 0 Å². The van der Waals surface area contributed by atoms with Crippen molar-refractivity contribution >= 4 is 32.7 Å². The maximum Gasteiger partial charge on any atom is 0.187 e. The van der Waals surface area contributed by atoms with Crippen molar-refractivity contribution in [2.45, 2.75) is 0 Å². The van der Waals surface area contributed by atoms with Gasteiger partial charge in [-0.3, -0.25) is 4.79 Å². The van der Waals surface area contributed by atoms with Gasteiger partial charge in [-0.05, 0) is 18.2 Å². The van der Waals surface area contributed by atoms with E-state index in [2.05, 4.69) is 25.9 Å². The molecule has 0 aliphatic carbocycles. The summed E-state index contributed by atoms with van der Waals surface area (Å²) in [4.78, 5) is 21.7. The molecule has 5 heteroatoms. The maximum atomic E-state index is 12.0. The van der Waals surface area contributed by atoms with Gasteiger partial charge in [0.15, 0.2) is 5.78 Å². The van der Waals surface area contributed by atoms with Gasteiger partial charge in [-0.15, -0.1) is 0 Å².